The molecule has 1 aromatic heterocycles. The Hall–Kier alpha value is -1.84. The number of hydrogen-bond acceptors (Lipinski definition) is 2. The normalized spacial score (nSPS) is 14.3. The van der Waals surface area contributed by atoms with Crippen LogP contribution in [-0.4, -0.2) is 20.6 Å². The first kappa shape index (κ1) is 15.5. The SMILES string of the molecule is CCCc1nc2cc(C(=O)O)ccc2n1C(C)C(C)CC. The summed E-state index contributed by atoms with van der Waals surface area (Å²) in [5, 5.41) is 9.12. The van der Waals surface area contributed by atoms with Gasteiger partial charge in [0.2, 0.25) is 0 Å². The second-order valence-corrected chi connectivity index (χ2v) is 5.78. The minimum absolute atomic E-state index is 0.298. The van der Waals surface area contributed by atoms with Gasteiger partial charge in [0.25, 0.3) is 0 Å². The minimum atomic E-state index is -0.904. The minimum Gasteiger partial charge on any atom is -0.478 e. The molecule has 2 rings (SSSR count). The number of rotatable bonds is 6. The Morgan fingerprint density at radius 3 is 2.62 bits per heavy atom. The van der Waals surface area contributed by atoms with E-state index < -0.39 is 5.97 Å². The molecule has 1 heterocycles. The Morgan fingerprint density at radius 1 is 1.33 bits per heavy atom. The highest BCUT2D eigenvalue weighted by Gasteiger charge is 2.20. The van der Waals surface area contributed by atoms with Crippen LogP contribution in [0.4, 0.5) is 0 Å². The van der Waals surface area contributed by atoms with Gasteiger partial charge in [-0.15, -0.1) is 0 Å². The molecule has 0 aliphatic rings. The Bertz CT molecular complexity index is 646. The number of imidazole rings is 1. The van der Waals surface area contributed by atoms with Gasteiger partial charge in [0.1, 0.15) is 5.82 Å². The summed E-state index contributed by atoms with van der Waals surface area (Å²) in [7, 11) is 0. The summed E-state index contributed by atoms with van der Waals surface area (Å²) < 4.78 is 2.29. The number of benzene rings is 1. The zero-order valence-electron chi connectivity index (χ0n) is 13.3. The maximum Gasteiger partial charge on any atom is 0.335 e. The quantitative estimate of drug-likeness (QED) is 0.862. The largest absolute Gasteiger partial charge is 0.478 e. The topological polar surface area (TPSA) is 55.1 Å². The van der Waals surface area contributed by atoms with Gasteiger partial charge < -0.3 is 9.67 Å². The van der Waals surface area contributed by atoms with Crippen LogP contribution < -0.4 is 0 Å². The predicted molar refractivity (Wildman–Crippen MR) is 84.9 cm³/mol. The standard InChI is InChI=1S/C17H24N2O2/c1-5-7-16-18-14-10-13(17(20)21)8-9-15(14)19(16)12(4)11(3)6-2/h8-12H,5-7H2,1-4H3,(H,20,21). The van der Waals surface area contributed by atoms with Crippen molar-refractivity contribution in [2.24, 2.45) is 5.92 Å². The molecule has 2 aromatic rings. The molecule has 2 atom stereocenters. The van der Waals surface area contributed by atoms with Gasteiger partial charge in [-0.3, -0.25) is 0 Å². The first-order valence-corrected chi connectivity index (χ1v) is 7.73. The summed E-state index contributed by atoms with van der Waals surface area (Å²) in [6.07, 6.45) is 3.06. The van der Waals surface area contributed by atoms with Crippen LogP contribution in [0, 0.1) is 5.92 Å². The maximum atomic E-state index is 11.1. The third-order valence-corrected chi connectivity index (χ3v) is 4.36. The van der Waals surface area contributed by atoms with Crippen LogP contribution in [0.2, 0.25) is 0 Å². The lowest BCUT2D eigenvalue weighted by Gasteiger charge is -2.23. The van der Waals surface area contributed by atoms with E-state index in [2.05, 4.69) is 37.2 Å². The van der Waals surface area contributed by atoms with Crippen LogP contribution in [0.15, 0.2) is 18.2 Å². The lowest BCUT2D eigenvalue weighted by Crippen LogP contribution is -2.16. The summed E-state index contributed by atoms with van der Waals surface area (Å²) >= 11 is 0. The number of carbonyl (C=O) groups is 1. The third kappa shape index (κ3) is 2.94. The highest BCUT2D eigenvalue weighted by atomic mass is 16.4. The van der Waals surface area contributed by atoms with Gasteiger partial charge in [0, 0.05) is 12.5 Å². The molecular weight excluding hydrogens is 264 g/mol. The van der Waals surface area contributed by atoms with Gasteiger partial charge in [-0.05, 0) is 37.5 Å². The van der Waals surface area contributed by atoms with Crippen molar-refractivity contribution < 1.29 is 9.90 Å². The van der Waals surface area contributed by atoms with Gasteiger partial charge in [0.05, 0.1) is 16.6 Å². The third-order valence-electron chi connectivity index (χ3n) is 4.36. The van der Waals surface area contributed by atoms with E-state index in [4.69, 9.17) is 5.11 Å². The van der Waals surface area contributed by atoms with Crippen LogP contribution in [0.3, 0.4) is 0 Å². The van der Waals surface area contributed by atoms with Gasteiger partial charge in [-0.2, -0.15) is 0 Å². The van der Waals surface area contributed by atoms with Crippen LogP contribution in [0.5, 0.6) is 0 Å². The van der Waals surface area contributed by atoms with E-state index in [1.807, 2.05) is 6.07 Å². The van der Waals surface area contributed by atoms with Crippen molar-refractivity contribution >= 4 is 17.0 Å². The predicted octanol–water partition coefficient (Wildman–Crippen LogP) is 4.29. The van der Waals surface area contributed by atoms with E-state index >= 15 is 0 Å². The molecule has 1 aromatic carbocycles. The van der Waals surface area contributed by atoms with E-state index in [1.54, 1.807) is 12.1 Å². The molecule has 0 aliphatic carbocycles. The molecule has 114 valence electrons. The van der Waals surface area contributed by atoms with E-state index in [0.29, 0.717) is 17.5 Å². The molecule has 4 nitrogen and oxygen atoms in total. The van der Waals surface area contributed by atoms with E-state index in [0.717, 1.165) is 36.1 Å². The average Bonchev–Trinajstić information content (AvgIpc) is 2.82. The molecule has 21 heavy (non-hydrogen) atoms. The molecule has 0 saturated heterocycles. The molecule has 1 N–H and O–H groups in total. The summed E-state index contributed by atoms with van der Waals surface area (Å²) in [6, 6.07) is 5.60. The lowest BCUT2D eigenvalue weighted by molar-refractivity contribution is 0.0697. The van der Waals surface area contributed by atoms with Gasteiger partial charge >= 0.3 is 5.97 Å². The molecule has 0 bridgehead atoms. The Labute approximate surface area is 125 Å². The molecule has 0 saturated carbocycles. The highest BCUT2D eigenvalue weighted by Crippen LogP contribution is 2.28. The summed E-state index contributed by atoms with van der Waals surface area (Å²) in [6.45, 7) is 8.81. The number of hydrogen-bond donors (Lipinski definition) is 1. The summed E-state index contributed by atoms with van der Waals surface area (Å²) in [5.41, 5.74) is 2.12. The van der Waals surface area contributed by atoms with Crippen molar-refractivity contribution in [3.63, 3.8) is 0 Å². The number of aromatic carboxylic acids is 1. The van der Waals surface area contributed by atoms with Crippen LogP contribution in [-0.2, 0) is 6.42 Å². The first-order valence-electron chi connectivity index (χ1n) is 7.73. The van der Waals surface area contributed by atoms with Crippen LogP contribution in [0.25, 0.3) is 11.0 Å². The molecule has 4 heteroatoms. The maximum absolute atomic E-state index is 11.1. The molecule has 0 spiro atoms. The number of aromatic nitrogens is 2. The lowest BCUT2D eigenvalue weighted by atomic mass is 10.00. The number of nitrogens with zero attached hydrogens (tertiary/aromatic N) is 2. The Balaban J connectivity index is 2.60. The van der Waals surface area contributed by atoms with Crippen molar-refractivity contribution in [2.75, 3.05) is 0 Å². The van der Waals surface area contributed by atoms with E-state index in [1.165, 1.54) is 0 Å². The Kier molecular flexibility index (Phi) is 4.66. The van der Waals surface area contributed by atoms with E-state index in [-0.39, 0.29) is 0 Å². The van der Waals surface area contributed by atoms with Crippen LogP contribution >= 0.6 is 0 Å². The summed E-state index contributed by atoms with van der Waals surface area (Å²) in [4.78, 5) is 15.8. The average molecular weight is 288 g/mol. The number of fused-ring (bicyclic) bond motifs is 1. The molecular formula is C17H24N2O2. The van der Waals surface area contributed by atoms with Crippen molar-refractivity contribution in [1.29, 1.82) is 0 Å². The van der Waals surface area contributed by atoms with Crippen molar-refractivity contribution in [2.45, 2.75) is 53.0 Å². The second-order valence-electron chi connectivity index (χ2n) is 5.78. The van der Waals surface area contributed by atoms with Gasteiger partial charge in [-0.1, -0.05) is 27.2 Å². The van der Waals surface area contributed by atoms with Crippen molar-refractivity contribution in [3.05, 3.63) is 29.6 Å². The molecule has 2 unspecified atom stereocenters. The number of carboxylic acid groups (broad SMARTS) is 1. The molecule has 0 amide bonds. The monoisotopic (exact) mass is 288 g/mol. The first-order chi connectivity index (χ1) is 9.99. The number of aryl methyl sites for hydroxylation is 1. The van der Waals surface area contributed by atoms with Crippen LogP contribution in [0.1, 0.15) is 62.8 Å². The fourth-order valence-electron chi connectivity index (χ4n) is 2.73. The number of carboxylic acids is 1. The zero-order chi connectivity index (χ0) is 15.6. The fraction of sp³-hybridized carbons (Fsp3) is 0.529. The molecule has 0 aliphatic heterocycles. The zero-order valence-corrected chi connectivity index (χ0v) is 13.3. The van der Waals surface area contributed by atoms with Crippen molar-refractivity contribution in [3.8, 4) is 0 Å². The Morgan fingerprint density at radius 2 is 2.05 bits per heavy atom. The smallest absolute Gasteiger partial charge is 0.335 e. The van der Waals surface area contributed by atoms with Gasteiger partial charge in [-0.25, -0.2) is 9.78 Å². The van der Waals surface area contributed by atoms with Crippen molar-refractivity contribution in [1.82, 2.24) is 9.55 Å². The molecule has 0 radical (unpaired) electrons. The highest BCUT2D eigenvalue weighted by molar-refractivity contribution is 5.92. The second kappa shape index (κ2) is 6.29. The summed E-state index contributed by atoms with van der Waals surface area (Å²) in [5.74, 6) is 0.707. The van der Waals surface area contributed by atoms with E-state index in [9.17, 15) is 4.79 Å². The molecule has 0 fully saturated rings. The van der Waals surface area contributed by atoms with Gasteiger partial charge in [0.15, 0.2) is 0 Å². The fourth-order valence-corrected chi connectivity index (χ4v) is 2.73.